The second kappa shape index (κ2) is 9.35. The molecule has 0 amide bonds. The number of aromatic nitrogens is 1. The largest absolute Gasteiger partial charge is 0.381 e. The van der Waals surface area contributed by atoms with E-state index >= 15 is 0 Å². The third-order valence-corrected chi connectivity index (χ3v) is 6.85. The van der Waals surface area contributed by atoms with Crippen molar-refractivity contribution in [3.8, 4) is 0 Å². The van der Waals surface area contributed by atoms with Gasteiger partial charge in [-0.15, -0.1) is 0 Å². The van der Waals surface area contributed by atoms with Crippen LogP contribution in [0, 0.1) is 5.41 Å². The van der Waals surface area contributed by atoms with Crippen LogP contribution in [0.2, 0.25) is 0 Å². The first kappa shape index (κ1) is 21.8. The number of hydrogen-bond acceptors (Lipinski definition) is 6. The monoisotopic (exact) mass is 420 g/mol. The molecule has 3 aliphatic rings. The summed E-state index contributed by atoms with van der Waals surface area (Å²) < 4.78 is 0. The Morgan fingerprint density at radius 2 is 2.03 bits per heavy atom. The van der Waals surface area contributed by atoms with Gasteiger partial charge in [0.05, 0.1) is 11.1 Å². The molecule has 0 aliphatic carbocycles. The summed E-state index contributed by atoms with van der Waals surface area (Å²) in [5.41, 5.74) is 3.49. The fourth-order valence-corrected chi connectivity index (χ4v) is 4.73. The molecule has 6 heteroatoms. The van der Waals surface area contributed by atoms with Crippen molar-refractivity contribution in [2.45, 2.75) is 32.6 Å². The third kappa shape index (κ3) is 4.74. The number of allylic oxidation sites excluding steroid dienone is 5. The third-order valence-electron chi connectivity index (χ3n) is 6.85. The van der Waals surface area contributed by atoms with Crippen LogP contribution < -0.4 is 20.9 Å². The Morgan fingerprint density at radius 3 is 2.77 bits per heavy atom. The summed E-state index contributed by atoms with van der Waals surface area (Å²) in [6.07, 6.45) is 10.9. The molecule has 0 aromatic carbocycles. The van der Waals surface area contributed by atoms with Crippen LogP contribution in [0.3, 0.4) is 0 Å². The highest BCUT2D eigenvalue weighted by molar-refractivity contribution is 5.73. The van der Waals surface area contributed by atoms with Gasteiger partial charge in [0.2, 0.25) is 0 Å². The second-order valence-electron chi connectivity index (χ2n) is 9.30. The van der Waals surface area contributed by atoms with Crippen LogP contribution >= 0.6 is 0 Å². The molecule has 6 nitrogen and oxygen atoms in total. The molecular formula is C25H36N6. The maximum Gasteiger partial charge on any atom is 0.157 e. The van der Waals surface area contributed by atoms with Crippen molar-refractivity contribution in [2.75, 3.05) is 58.3 Å². The van der Waals surface area contributed by atoms with Crippen molar-refractivity contribution in [3.63, 3.8) is 0 Å². The Labute approximate surface area is 186 Å². The number of rotatable bonds is 5. The Bertz CT molecular complexity index is 998. The van der Waals surface area contributed by atoms with Crippen LogP contribution in [0.5, 0.6) is 0 Å². The number of nitrogens with one attached hydrogen (secondary N) is 1. The molecule has 0 bridgehead atoms. The molecule has 1 spiro atoms. The van der Waals surface area contributed by atoms with Crippen molar-refractivity contribution in [1.82, 2.24) is 15.2 Å². The predicted octanol–water partition coefficient (Wildman–Crippen LogP) is 2.34. The SMILES string of the molecule is C=C/C(=C\C=C(/C)N(C)C)c1cc2c(c(N3CCC4(CCCNC4)C3)n1)=NCCCN=2. The van der Waals surface area contributed by atoms with Crippen LogP contribution in [0.1, 0.15) is 38.3 Å². The number of piperidine rings is 1. The molecule has 1 atom stereocenters. The van der Waals surface area contributed by atoms with Crippen molar-refractivity contribution in [2.24, 2.45) is 15.4 Å². The Kier molecular flexibility index (Phi) is 6.56. The van der Waals surface area contributed by atoms with Gasteiger partial charge in [0, 0.05) is 57.9 Å². The molecule has 4 heterocycles. The van der Waals surface area contributed by atoms with Crippen molar-refractivity contribution >= 4 is 11.4 Å². The molecule has 1 N–H and O–H groups in total. The number of pyridine rings is 1. The van der Waals surface area contributed by atoms with Gasteiger partial charge in [0.15, 0.2) is 5.82 Å². The molecule has 4 rings (SSSR count). The van der Waals surface area contributed by atoms with E-state index in [0.29, 0.717) is 5.41 Å². The van der Waals surface area contributed by atoms with Crippen molar-refractivity contribution in [1.29, 1.82) is 0 Å². The van der Waals surface area contributed by atoms with E-state index in [2.05, 4.69) is 60.9 Å². The van der Waals surface area contributed by atoms with Gasteiger partial charge in [-0.25, -0.2) is 4.98 Å². The molecule has 1 aromatic heterocycles. The quantitative estimate of drug-likeness (QED) is 0.743. The first-order chi connectivity index (χ1) is 15.0. The predicted molar refractivity (Wildman–Crippen MR) is 128 cm³/mol. The van der Waals surface area contributed by atoms with Crippen molar-refractivity contribution < 1.29 is 0 Å². The Balaban J connectivity index is 1.77. The van der Waals surface area contributed by atoms with Gasteiger partial charge in [-0.05, 0) is 56.9 Å². The van der Waals surface area contributed by atoms with Gasteiger partial charge < -0.3 is 15.1 Å². The van der Waals surface area contributed by atoms with Gasteiger partial charge in [0.25, 0.3) is 0 Å². The number of nitrogens with zero attached hydrogens (tertiary/aromatic N) is 5. The molecule has 31 heavy (non-hydrogen) atoms. The van der Waals surface area contributed by atoms with Gasteiger partial charge in [-0.1, -0.05) is 18.7 Å². The normalized spacial score (nSPS) is 24.3. The average molecular weight is 421 g/mol. The fraction of sp³-hybridized carbons (Fsp3) is 0.560. The van der Waals surface area contributed by atoms with Crippen LogP contribution in [0.25, 0.3) is 5.57 Å². The molecule has 0 saturated carbocycles. The minimum absolute atomic E-state index is 0.368. The summed E-state index contributed by atoms with van der Waals surface area (Å²) in [7, 11) is 4.10. The van der Waals surface area contributed by atoms with E-state index in [-0.39, 0.29) is 0 Å². The first-order valence-electron chi connectivity index (χ1n) is 11.6. The summed E-state index contributed by atoms with van der Waals surface area (Å²) in [4.78, 5) is 19.5. The number of hydrogen-bond donors (Lipinski definition) is 1. The molecule has 2 fully saturated rings. The average Bonchev–Trinajstić information content (AvgIpc) is 3.02. The maximum atomic E-state index is 5.15. The number of fused-ring (bicyclic) bond motifs is 1. The highest BCUT2D eigenvalue weighted by Crippen LogP contribution is 2.37. The first-order valence-corrected chi connectivity index (χ1v) is 11.6. The summed E-state index contributed by atoms with van der Waals surface area (Å²) in [5, 5.41) is 5.57. The minimum Gasteiger partial charge on any atom is -0.381 e. The fourth-order valence-electron chi connectivity index (χ4n) is 4.73. The molecule has 1 unspecified atom stereocenters. The molecule has 0 radical (unpaired) electrons. The van der Waals surface area contributed by atoms with E-state index in [0.717, 1.165) is 73.5 Å². The van der Waals surface area contributed by atoms with E-state index in [9.17, 15) is 0 Å². The topological polar surface area (TPSA) is 56.1 Å². The Morgan fingerprint density at radius 1 is 1.19 bits per heavy atom. The van der Waals surface area contributed by atoms with Crippen molar-refractivity contribution in [3.05, 3.63) is 53.0 Å². The van der Waals surface area contributed by atoms with Crippen LogP contribution in [-0.4, -0.2) is 63.2 Å². The smallest absolute Gasteiger partial charge is 0.157 e. The van der Waals surface area contributed by atoms with E-state index in [1.165, 1.54) is 25.0 Å². The molecular weight excluding hydrogens is 384 g/mol. The zero-order chi connectivity index (χ0) is 21.8. The lowest BCUT2D eigenvalue weighted by molar-refractivity contribution is 0.239. The van der Waals surface area contributed by atoms with Gasteiger partial charge in [-0.3, -0.25) is 9.98 Å². The standard InChI is InChI=1S/C25H36N6/c1-5-20(9-8-19(2)30(3)4)21-16-22-23(28-14-7-13-27-22)24(29-21)31-15-11-25(18-31)10-6-12-26-17-25/h5,8-9,16,26H,1,6-7,10-15,17-18H2,2-4H3/b19-8+,20-9+. The second-order valence-corrected chi connectivity index (χ2v) is 9.30. The number of anilines is 1. The minimum atomic E-state index is 0.368. The lowest BCUT2D eigenvalue weighted by Gasteiger charge is -2.34. The van der Waals surface area contributed by atoms with E-state index < -0.39 is 0 Å². The summed E-state index contributed by atoms with van der Waals surface area (Å²) in [6.45, 7) is 12.1. The lowest BCUT2D eigenvalue weighted by Crippen LogP contribution is -2.43. The highest BCUT2D eigenvalue weighted by atomic mass is 15.2. The Hall–Kier alpha value is -2.47. The van der Waals surface area contributed by atoms with Gasteiger partial charge in [0.1, 0.15) is 5.36 Å². The van der Waals surface area contributed by atoms with Crippen LogP contribution in [-0.2, 0) is 0 Å². The molecule has 2 saturated heterocycles. The maximum absolute atomic E-state index is 5.15. The highest BCUT2D eigenvalue weighted by Gasteiger charge is 2.40. The van der Waals surface area contributed by atoms with E-state index in [1.54, 1.807) is 0 Å². The zero-order valence-electron chi connectivity index (χ0n) is 19.3. The van der Waals surface area contributed by atoms with Gasteiger partial charge in [-0.2, -0.15) is 0 Å². The molecule has 3 aliphatic heterocycles. The summed E-state index contributed by atoms with van der Waals surface area (Å²) in [6, 6.07) is 2.09. The zero-order valence-corrected chi connectivity index (χ0v) is 19.3. The summed E-state index contributed by atoms with van der Waals surface area (Å²) in [5.74, 6) is 1.00. The van der Waals surface area contributed by atoms with Crippen LogP contribution in [0.4, 0.5) is 5.82 Å². The molecule has 1 aromatic rings. The van der Waals surface area contributed by atoms with E-state index in [4.69, 9.17) is 15.0 Å². The van der Waals surface area contributed by atoms with Crippen LogP contribution in [0.15, 0.2) is 46.6 Å². The van der Waals surface area contributed by atoms with Gasteiger partial charge >= 0.3 is 0 Å². The summed E-state index contributed by atoms with van der Waals surface area (Å²) >= 11 is 0. The lowest BCUT2D eigenvalue weighted by atomic mass is 9.80. The molecule has 166 valence electrons. The van der Waals surface area contributed by atoms with E-state index in [1.807, 2.05) is 6.08 Å².